The molecule has 1 amide bonds. The smallest absolute Gasteiger partial charge is 0.235 e. The monoisotopic (exact) mass is 361 g/mol. The predicted octanol–water partition coefficient (Wildman–Crippen LogP) is 4.71. The van der Waals surface area contributed by atoms with E-state index in [-0.39, 0.29) is 17.6 Å². The Hall–Kier alpha value is -3.14. The molecule has 1 atom stereocenters. The minimum Gasteiger partial charge on any atom is -0.497 e. The van der Waals surface area contributed by atoms with Gasteiger partial charge in [-0.25, -0.2) is 4.39 Å². The van der Waals surface area contributed by atoms with Gasteiger partial charge in [0.1, 0.15) is 11.6 Å². The third kappa shape index (κ3) is 3.43. The number of carbonyl (C=O) groups is 1. The van der Waals surface area contributed by atoms with Crippen molar-refractivity contribution in [1.29, 1.82) is 0 Å². The van der Waals surface area contributed by atoms with Crippen molar-refractivity contribution in [3.05, 3.63) is 95.3 Å². The largest absolute Gasteiger partial charge is 0.497 e. The molecular formula is C23H20FNO2. The van der Waals surface area contributed by atoms with Crippen LogP contribution in [-0.4, -0.2) is 13.0 Å². The van der Waals surface area contributed by atoms with Crippen LogP contribution in [0.25, 0.3) is 0 Å². The van der Waals surface area contributed by atoms with Crippen molar-refractivity contribution in [3.8, 4) is 5.75 Å². The summed E-state index contributed by atoms with van der Waals surface area (Å²) in [5.41, 5.74) is 3.98. The minimum absolute atomic E-state index is 0.0799. The lowest BCUT2D eigenvalue weighted by Crippen LogP contribution is -2.29. The van der Waals surface area contributed by atoms with Crippen LogP contribution in [0, 0.1) is 5.82 Å². The number of carbonyl (C=O) groups excluding carboxylic acids is 1. The standard InChI is InChI=1S/C23H20FNO2/c1-27-19-12-8-16(9-13-19)14-21-20-4-2-3-5-22(20)25(23(21)26)15-17-6-10-18(24)11-7-17/h2-13,21H,14-15H2,1H3. The van der Waals surface area contributed by atoms with Crippen LogP contribution in [0.4, 0.5) is 10.1 Å². The molecule has 27 heavy (non-hydrogen) atoms. The lowest BCUT2D eigenvalue weighted by Gasteiger charge is -2.18. The maximum atomic E-state index is 13.2. The van der Waals surface area contributed by atoms with E-state index in [1.807, 2.05) is 48.5 Å². The van der Waals surface area contributed by atoms with Crippen molar-refractivity contribution in [1.82, 2.24) is 0 Å². The normalized spacial score (nSPS) is 15.7. The van der Waals surface area contributed by atoms with E-state index in [0.717, 1.165) is 28.1 Å². The molecule has 3 aromatic carbocycles. The number of fused-ring (bicyclic) bond motifs is 1. The van der Waals surface area contributed by atoms with E-state index < -0.39 is 0 Å². The zero-order chi connectivity index (χ0) is 18.8. The molecule has 1 aliphatic rings. The second kappa shape index (κ2) is 7.23. The molecule has 1 heterocycles. The number of halogens is 1. The van der Waals surface area contributed by atoms with Crippen LogP contribution in [-0.2, 0) is 17.8 Å². The first-order chi connectivity index (χ1) is 13.2. The summed E-state index contributed by atoms with van der Waals surface area (Å²) >= 11 is 0. The zero-order valence-electron chi connectivity index (χ0n) is 15.1. The molecule has 3 aromatic rings. The number of anilines is 1. The molecule has 1 unspecified atom stereocenters. The molecule has 136 valence electrons. The molecule has 0 aromatic heterocycles. The topological polar surface area (TPSA) is 29.5 Å². The average Bonchev–Trinajstić information content (AvgIpc) is 2.96. The van der Waals surface area contributed by atoms with Gasteiger partial charge in [0.15, 0.2) is 0 Å². The van der Waals surface area contributed by atoms with Crippen LogP contribution >= 0.6 is 0 Å². The average molecular weight is 361 g/mol. The highest BCUT2D eigenvalue weighted by Crippen LogP contribution is 2.40. The van der Waals surface area contributed by atoms with Gasteiger partial charge in [-0.1, -0.05) is 42.5 Å². The van der Waals surface area contributed by atoms with E-state index in [1.54, 1.807) is 24.1 Å². The van der Waals surface area contributed by atoms with E-state index >= 15 is 0 Å². The lowest BCUT2D eigenvalue weighted by atomic mass is 9.93. The fourth-order valence-corrected chi connectivity index (χ4v) is 3.60. The fraction of sp³-hybridized carbons (Fsp3) is 0.174. The van der Waals surface area contributed by atoms with Crippen LogP contribution < -0.4 is 9.64 Å². The number of para-hydroxylation sites is 1. The van der Waals surface area contributed by atoms with Gasteiger partial charge in [0.05, 0.1) is 19.6 Å². The first kappa shape index (κ1) is 17.3. The Morgan fingerprint density at radius 2 is 1.59 bits per heavy atom. The highest BCUT2D eigenvalue weighted by Gasteiger charge is 2.36. The summed E-state index contributed by atoms with van der Waals surface area (Å²) in [6, 6.07) is 22.0. The van der Waals surface area contributed by atoms with E-state index in [9.17, 15) is 9.18 Å². The molecule has 4 heteroatoms. The van der Waals surface area contributed by atoms with Gasteiger partial charge in [0.25, 0.3) is 0 Å². The van der Waals surface area contributed by atoms with Gasteiger partial charge in [-0.3, -0.25) is 4.79 Å². The van der Waals surface area contributed by atoms with Crippen LogP contribution in [0.1, 0.15) is 22.6 Å². The fourth-order valence-electron chi connectivity index (χ4n) is 3.60. The quantitative estimate of drug-likeness (QED) is 0.659. The van der Waals surface area contributed by atoms with Gasteiger partial charge in [-0.2, -0.15) is 0 Å². The minimum atomic E-state index is -0.274. The predicted molar refractivity (Wildman–Crippen MR) is 103 cm³/mol. The molecular weight excluding hydrogens is 341 g/mol. The summed E-state index contributed by atoms with van der Waals surface area (Å²) < 4.78 is 18.4. The summed E-state index contributed by atoms with van der Waals surface area (Å²) in [5.74, 6) is 0.394. The number of methoxy groups -OCH3 is 1. The molecule has 4 rings (SSSR count). The van der Waals surface area contributed by atoms with Crippen LogP contribution in [0.5, 0.6) is 5.75 Å². The number of amides is 1. The molecule has 0 bridgehead atoms. The van der Waals surface area contributed by atoms with E-state index in [0.29, 0.717) is 13.0 Å². The molecule has 0 radical (unpaired) electrons. The molecule has 3 nitrogen and oxygen atoms in total. The Morgan fingerprint density at radius 3 is 2.30 bits per heavy atom. The van der Waals surface area contributed by atoms with Crippen LogP contribution in [0.2, 0.25) is 0 Å². The van der Waals surface area contributed by atoms with Crippen molar-refractivity contribution >= 4 is 11.6 Å². The maximum Gasteiger partial charge on any atom is 0.235 e. The first-order valence-corrected chi connectivity index (χ1v) is 8.93. The summed E-state index contributed by atoms with van der Waals surface area (Å²) in [4.78, 5) is 15.0. The first-order valence-electron chi connectivity index (χ1n) is 8.93. The SMILES string of the molecule is COc1ccc(CC2C(=O)N(Cc3ccc(F)cc3)c3ccccc32)cc1. The van der Waals surface area contributed by atoms with Gasteiger partial charge in [-0.05, 0) is 53.4 Å². The third-order valence-corrected chi connectivity index (χ3v) is 5.02. The highest BCUT2D eigenvalue weighted by atomic mass is 19.1. The van der Waals surface area contributed by atoms with Gasteiger partial charge in [-0.15, -0.1) is 0 Å². The van der Waals surface area contributed by atoms with Crippen molar-refractivity contribution in [3.63, 3.8) is 0 Å². The lowest BCUT2D eigenvalue weighted by molar-refractivity contribution is -0.119. The Labute approximate surface area is 158 Å². The zero-order valence-corrected chi connectivity index (χ0v) is 15.1. The van der Waals surface area contributed by atoms with Crippen LogP contribution in [0.3, 0.4) is 0 Å². The number of hydrogen-bond donors (Lipinski definition) is 0. The van der Waals surface area contributed by atoms with E-state index in [1.165, 1.54) is 12.1 Å². The Kier molecular flexibility index (Phi) is 4.63. The molecule has 0 saturated heterocycles. The second-order valence-electron chi connectivity index (χ2n) is 6.71. The van der Waals surface area contributed by atoms with Crippen molar-refractivity contribution in [2.45, 2.75) is 18.9 Å². The molecule has 0 N–H and O–H groups in total. The Bertz CT molecular complexity index is 951. The number of nitrogens with zero attached hydrogens (tertiary/aromatic N) is 1. The Balaban J connectivity index is 1.61. The van der Waals surface area contributed by atoms with Crippen molar-refractivity contribution < 1.29 is 13.9 Å². The number of ether oxygens (including phenoxy) is 1. The van der Waals surface area contributed by atoms with Gasteiger partial charge in [0.2, 0.25) is 5.91 Å². The molecule has 0 spiro atoms. The Morgan fingerprint density at radius 1 is 0.926 bits per heavy atom. The van der Waals surface area contributed by atoms with Gasteiger partial charge >= 0.3 is 0 Å². The van der Waals surface area contributed by atoms with Crippen LogP contribution in [0.15, 0.2) is 72.8 Å². The number of rotatable bonds is 5. The number of hydrogen-bond acceptors (Lipinski definition) is 2. The molecule has 0 saturated carbocycles. The third-order valence-electron chi connectivity index (χ3n) is 5.02. The maximum absolute atomic E-state index is 13.2. The van der Waals surface area contributed by atoms with Gasteiger partial charge < -0.3 is 9.64 Å². The van der Waals surface area contributed by atoms with Crippen molar-refractivity contribution in [2.75, 3.05) is 12.0 Å². The molecule has 1 aliphatic heterocycles. The van der Waals surface area contributed by atoms with Gasteiger partial charge in [0, 0.05) is 5.69 Å². The number of benzene rings is 3. The van der Waals surface area contributed by atoms with E-state index in [2.05, 4.69) is 0 Å². The summed E-state index contributed by atoms with van der Waals surface area (Å²) in [6.07, 6.45) is 0.639. The summed E-state index contributed by atoms with van der Waals surface area (Å²) in [6.45, 7) is 0.440. The molecule has 0 fully saturated rings. The highest BCUT2D eigenvalue weighted by molar-refractivity contribution is 6.05. The van der Waals surface area contributed by atoms with Crippen molar-refractivity contribution in [2.24, 2.45) is 0 Å². The summed E-state index contributed by atoms with van der Waals surface area (Å²) in [7, 11) is 1.64. The molecule has 0 aliphatic carbocycles. The summed E-state index contributed by atoms with van der Waals surface area (Å²) in [5, 5.41) is 0. The van der Waals surface area contributed by atoms with E-state index in [4.69, 9.17) is 4.74 Å². The second-order valence-corrected chi connectivity index (χ2v) is 6.71.